The van der Waals surface area contributed by atoms with E-state index in [4.69, 9.17) is 4.74 Å². The molecule has 0 saturated heterocycles. The van der Waals surface area contributed by atoms with Gasteiger partial charge in [0, 0.05) is 0 Å². The number of carbonyl (C=O) groups is 1. The van der Waals surface area contributed by atoms with Crippen molar-refractivity contribution in [2.45, 2.75) is 26.7 Å². The Kier molecular flexibility index (Phi) is 3.93. The van der Waals surface area contributed by atoms with E-state index >= 15 is 0 Å². The van der Waals surface area contributed by atoms with E-state index in [0.29, 0.717) is 0 Å². The van der Waals surface area contributed by atoms with Gasteiger partial charge in [0.25, 0.3) is 0 Å². The maximum atomic E-state index is 11.2. The zero-order valence-electron chi connectivity index (χ0n) is 10.2. The van der Waals surface area contributed by atoms with Crippen LogP contribution in [0.2, 0.25) is 0 Å². The Morgan fingerprint density at radius 3 is 2.38 bits per heavy atom. The van der Waals surface area contributed by atoms with E-state index in [2.05, 4.69) is 0 Å². The maximum Gasteiger partial charge on any atom is 0.311 e. The smallest absolute Gasteiger partial charge is 0.311 e. The second-order valence-electron chi connectivity index (χ2n) is 4.28. The molecule has 1 atom stereocenters. The SMILES string of the molecule is COc1ccc(C(C(=O)O)C(C)C)c(C)c1. The van der Waals surface area contributed by atoms with Gasteiger partial charge in [0.15, 0.2) is 0 Å². The number of carboxylic acids is 1. The van der Waals surface area contributed by atoms with E-state index in [1.165, 1.54) is 0 Å². The molecule has 16 heavy (non-hydrogen) atoms. The van der Waals surface area contributed by atoms with Crippen LogP contribution in [-0.4, -0.2) is 18.2 Å². The monoisotopic (exact) mass is 222 g/mol. The molecule has 3 heteroatoms. The number of carboxylic acid groups (broad SMARTS) is 1. The van der Waals surface area contributed by atoms with Crippen LogP contribution >= 0.6 is 0 Å². The van der Waals surface area contributed by atoms with E-state index < -0.39 is 11.9 Å². The second-order valence-corrected chi connectivity index (χ2v) is 4.28. The number of methoxy groups -OCH3 is 1. The largest absolute Gasteiger partial charge is 0.497 e. The first kappa shape index (κ1) is 12.6. The topological polar surface area (TPSA) is 46.5 Å². The van der Waals surface area contributed by atoms with Crippen LogP contribution in [0.25, 0.3) is 0 Å². The van der Waals surface area contributed by atoms with Crippen LogP contribution in [0.4, 0.5) is 0 Å². The van der Waals surface area contributed by atoms with Crippen LogP contribution in [-0.2, 0) is 4.79 Å². The first-order chi connectivity index (χ1) is 7.47. The van der Waals surface area contributed by atoms with Crippen LogP contribution in [0.3, 0.4) is 0 Å². The molecule has 1 aromatic carbocycles. The van der Waals surface area contributed by atoms with Crippen LogP contribution in [0.5, 0.6) is 5.75 Å². The Morgan fingerprint density at radius 1 is 1.38 bits per heavy atom. The van der Waals surface area contributed by atoms with Crippen molar-refractivity contribution in [3.05, 3.63) is 29.3 Å². The molecule has 88 valence electrons. The molecule has 1 rings (SSSR count). The minimum absolute atomic E-state index is 0.0737. The summed E-state index contributed by atoms with van der Waals surface area (Å²) in [4.78, 5) is 11.2. The minimum Gasteiger partial charge on any atom is -0.497 e. The molecule has 0 amide bonds. The average molecular weight is 222 g/mol. The third kappa shape index (κ3) is 2.54. The van der Waals surface area contributed by atoms with Gasteiger partial charge in [-0.15, -0.1) is 0 Å². The lowest BCUT2D eigenvalue weighted by atomic mass is 9.86. The summed E-state index contributed by atoms with van der Waals surface area (Å²) >= 11 is 0. The minimum atomic E-state index is -0.775. The van der Waals surface area contributed by atoms with Crippen molar-refractivity contribution in [1.29, 1.82) is 0 Å². The quantitative estimate of drug-likeness (QED) is 0.852. The Balaban J connectivity index is 3.15. The number of rotatable bonds is 4. The molecule has 1 N–H and O–H groups in total. The molecule has 0 saturated carbocycles. The number of benzene rings is 1. The molecule has 0 aliphatic rings. The second kappa shape index (κ2) is 5.01. The molecule has 0 heterocycles. The Bertz CT molecular complexity index is 383. The fourth-order valence-corrected chi connectivity index (χ4v) is 1.90. The molecular weight excluding hydrogens is 204 g/mol. The van der Waals surface area contributed by atoms with Crippen LogP contribution in [0, 0.1) is 12.8 Å². The van der Waals surface area contributed by atoms with E-state index in [9.17, 15) is 9.90 Å². The molecule has 0 fully saturated rings. The Morgan fingerprint density at radius 2 is 2.00 bits per heavy atom. The summed E-state index contributed by atoms with van der Waals surface area (Å²) in [6, 6.07) is 5.52. The molecule has 0 radical (unpaired) electrons. The number of aliphatic carboxylic acids is 1. The molecule has 1 unspecified atom stereocenters. The Labute approximate surface area is 96.1 Å². The molecule has 1 aromatic rings. The van der Waals surface area contributed by atoms with Gasteiger partial charge in [0.05, 0.1) is 13.0 Å². The maximum absolute atomic E-state index is 11.2. The lowest BCUT2D eigenvalue weighted by Crippen LogP contribution is -2.18. The lowest BCUT2D eigenvalue weighted by Gasteiger charge is -2.19. The van der Waals surface area contributed by atoms with Gasteiger partial charge in [-0.1, -0.05) is 19.9 Å². The van der Waals surface area contributed by atoms with E-state index in [0.717, 1.165) is 16.9 Å². The highest BCUT2D eigenvalue weighted by atomic mass is 16.5. The van der Waals surface area contributed by atoms with Crippen molar-refractivity contribution in [2.24, 2.45) is 5.92 Å². The van der Waals surface area contributed by atoms with Gasteiger partial charge in [-0.25, -0.2) is 0 Å². The predicted octanol–water partition coefficient (Wildman–Crippen LogP) is 2.83. The lowest BCUT2D eigenvalue weighted by molar-refractivity contribution is -0.139. The van der Waals surface area contributed by atoms with E-state index in [1.54, 1.807) is 13.2 Å². The summed E-state index contributed by atoms with van der Waals surface area (Å²) in [6.07, 6.45) is 0. The van der Waals surface area contributed by atoms with Crippen molar-refractivity contribution in [1.82, 2.24) is 0 Å². The summed E-state index contributed by atoms with van der Waals surface area (Å²) in [5, 5.41) is 9.22. The standard InChI is InChI=1S/C13H18O3/c1-8(2)12(13(14)15)11-6-5-10(16-4)7-9(11)3/h5-8,12H,1-4H3,(H,14,15). The summed E-state index contributed by atoms with van der Waals surface area (Å²) in [5.41, 5.74) is 1.82. The number of ether oxygens (including phenoxy) is 1. The van der Waals surface area contributed by atoms with Crippen LogP contribution in [0.15, 0.2) is 18.2 Å². The zero-order chi connectivity index (χ0) is 12.3. The number of hydrogen-bond donors (Lipinski definition) is 1. The summed E-state index contributed by atoms with van der Waals surface area (Å²) in [5.74, 6) is -0.395. The summed E-state index contributed by atoms with van der Waals surface area (Å²) in [7, 11) is 1.60. The van der Waals surface area contributed by atoms with Gasteiger partial charge in [-0.05, 0) is 36.1 Å². The highest BCUT2D eigenvalue weighted by Gasteiger charge is 2.24. The van der Waals surface area contributed by atoms with Crippen LogP contribution in [0.1, 0.15) is 30.9 Å². The molecule has 3 nitrogen and oxygen atoms in total. The summed E-state index contributed by atoms with van der Waals surface area (Å²) in [6.45, 7) is 5.75. The van der Waals surface area contributed by atoms with Crippen molar-refractivity contribution in [2.75, 3.05) is 7.11 Å². The Hall–Kier alpha value is -1.51. The zero-order valence-corrected chi connectivity index (χ0v) is 10.2. The van der Waals surface area contributed by atoms with Gasteiger partial charge >= 0.3 is 5.97 Å². The molecule has 0 aromatic heterocycles. The highest BCUT2D eigenvalue weighted by Crippen LogP contribution is 2.29. The molecule has 0 spiro atoms. The average Bonchev–Trinajstić information content (AvgIpc) is 2.19. The van der Waals surface area contributed by atoms with Gasteiger partial charge in [-0.2, -0.15) is 0 Å². The third-order valence-corrected chi connectivity index (χ3v) is 2.74. The van der Waals surface area contributed by atoms with Crippen molar-refractivity contribution >= 4 is 5.97 Å². The van der Waals surface area contributed by atoms with Crippen molar-refractivity contribution in [3.8, 4) is 5.75 Å². The first-order valence-electron chi connectivity index (χ1n) is 5.34. The molecule has 0 bridgehead atoms. The summed E-state index contributed by atoms with van der Waals surface area (Å²) < 4.78 is 5.10. The molecular formula is C13H18O3. The fraction of sp³-hybridized carbons (Fsp3) is 0.462. The van der Waals surface area contributed by atoms with Gasteiger partial charge < -0.3 is 9.84 Å². The molecule has 0 aliphatic heterocycles. The van der Waals surface area contributed by atoms with Gasteiger partial charge in [0.2, 0.25) is 0 Å². The van der Waals surface area contributed by atoms with Crippen LogP contribution < -0.4 is 4.74 Å². The number of aryl methyl sites for hydroxylation is 1. The fourth-order valence-electron chi connectivity index (χ4n) is 1.90. The predicted molar refractivity (Wildman–Crippen MR) is 62.9 cm³/mol. The van der Waals surface area contributed by atoms with Crippen molar-refractivity contribution < 1.29 is 14.6 Å². The third-order valence-electron chi connectivity index (χ3n) is 2.74. The van der Waals surface area contributed by atoms with E-state index in [-0.39, 0.29) is 5.92 Å². The van der Waals surface area contributed by atoms with Crippen molar-refractivity contribution in [3.63, 3.8) is 0 Å². The normalized spacial score (nSPS) is 12.6. The highest BCUT2D eigenvalue weighted by molar-refractivity contribution is 5.77. The molecule has 0 aliphatic carbocycles. The van der Waals surface area contributed by atoms with Gasteiger partial charge in [-0.3, -0.25) is 4.79 Å². The van der Waals surface area contributed by atoms with E-state index in [1.807, 2.05) is 32.9 Å². The first-order valence-corrected chi connectivity index (χ1v) is 5.34. The van der Waals surface area contributed by atoms with Gasteiger partial charge in [0.1, 0.15) is 5.75 Å². The number of hydrogen-bond acceptors (Lipinski definition) is 2.